The molecule has 0 unspecified atom stereocenters. The number of para-hydroxylation sites is 1. The third-order valence-electron chi connectivity index (χ3n) is 3.83. The fourth-order valence-corrected chi connectivity index (χ4v) is 2.78. The summed E-state index contributed by atoms with van der Waals surface area (Å²) in [6, 6.07) is 20.4. The van der Waals surface area contributed by atoms with E-state index < -0.39 is 11.3 Å². The lowest BCUT2D eigenvalue weighted by Gasteiger charge is -2.08. The van der Waals surface area contributed by atoms with Gasteiger partial charge in [-0.05, 0) is 54.6 Å². The van der Waals surface area contributed by atoms with E-state index in [4.69, 9.17) is 20.8 Å². The monoisotopic (exact) mass is 365 g/mol. The molecule has 0 bridgehead atoms. The number of fused-ring (bicyclic) bond motifs is 1. The van der Waals surface area contributed by atoms with Gasteiger partial charge in [0.05, 0.1) is 11.1 Å². The molecule has 0 amide bonds. The van der Waals surface area contributed by atoms with Crippen LogP contribution in [0.4, 0.5) is 0 Å². The van der Waals surface area contributed by atoms with Crippen molar-refractivity contribution in [3.63, 3.8) is 0 Å². The predicted molar refractivity (Wildman–Crippen MR) is 99.6 cm³/mol. The molecule has 0 N–H and O–H groups in total. The highest BCUT2D eigenvalue weighted by molar-refractivity contribution is 6.31. The van der Waals surface area contributed by atoms with Gasteiger partial charge in [0.15, 0.2) is 0 Å². The summed E-state index contributed by atoms with van der Waals surface area (Å²) in [6.45, 7) is 0. The zero-order chi connectivity index (χ0) is 18.1. The maximum Gasteiger partial charge on any atom is 0.426 e. The van der Waals surface area contributed by atoms with Gasteiger partial charge in [0.2, 0.25) is 0 Å². The molecule has 0 aliphatic rings. The largest absolute Gasteiger partial charge is 0.457 e. The van der Waals surface area contributed by atoms with E-state index in [2.05, 4.69) is 0 Å². The first-order chi connectivity index (χ1) is 12.6. The second-order valence-electron chi connectivity index (χ2n) is 5.56. The summed E-state index contributed by atoms with van der Waals surface area (Å²) in [5.74, 6) is 0.514. The molecule has 0 radical (unpaired) electrons. The van der Waals surface area contributed by atoms with Crippen molar-refractivity contribution >= 4 is 22.6 Å². The van der Waals surface area contributed by atoms with Gasteiger partial charge in [-0.15, -0.1) is 0 Å². The van der Waals surface area contributed by atoms with Gasteiger partial charge >= 0.3 is 5.76 Å². The van der Waals surface area contributed by atoms with E-state index in [1.54, 1.807) is 30.3 Å². The predicted octanol–water partition coefficient (Wildman–Crippen LogP) is 4.39. The van der Waals surface area contributed by atoms with Gasteiger partial charge in [0.25, 0.3) is 5.56 Å². The number of hydrogen-bond acceptors (Lipinski definition) is 4. The van der Waals surface area contributed by atoms with Crippen LogP contribution in [0.2, 0.25) is 5.02 Å². The summed E-state index contributed by atoms with van der Waals surface area (Å²) in [6.07, 6.45) is 0. The molecule has 0 aliphatic carbocycles. The highest BCUT2D eigenvalue weighted by atomic mass is 35.5. The van der Waals surface area contributed by atoms with Crippen molar-refractivity contribution in [3.8, 4) is 17.2 Å². The van der Waals surface area contributed by atoms with Gasteiger partial charge in [-0.25, -0.2) is 9.36 Å². The Bertz CT molecular complexity index is 1190. The third kappa shape index (κ3) is 3.00. The summed E-state index contributed by atoms with van der Waals surface area (Å²) in [5.41, 5.74) is 0.0891. The third-order valence-corrected chi connectivity index (χ3v) is 4.06. The molecule has 1 heterocycles. The van der Waals surface area contributed by atoms with Gasteiger partial charge in [-0.1, -0.05) is 29.8 Å². The lowest BCUT2D eigenvalue weighted by molar-refractivity contribution is 0.481. The maximum atomic E-state index is 12.7. The van der Waals surface area contributed by atoms with Gasteiger partial charge in [0.1, 0.15) is 17.1 Å². The van der Waals surface area contributed by atoms with Gasteiger partial charge in [0, 0.05) is 5.02 Å². The van der Waals surface area contributed by atoms with E-state index >= 15 is 0 Å². The van der Waals surface area contributed by atoms with E-state index in [0.717, 1.165) is 4.57 Å². The number of nitrogens with zero attached hydrogens (tertiary/aromatic N) is 1. The molecular weight excluding hydrogens is 354 g/mol. The first-order valence-corrected chi connectivity index (χ1v) is 8.18. The van der Waals surface area contributed by atoms with Crippen molar-refractivity contribution in [3.05, 3.63) is 98.7 Å². The number of ether oxygens (including phenoxy) is 1. The molecule has 128 valence electrons. The average Bonchev–Trinajstić information content (AvgIpc) is 2.65. The van der Waals surface area contributed by atoms with Gasteiger partial charge < -0.3 is 9.15 Å². The molecule has 0 aliphatic heterocycles. The first kappa shape index (κ1) is 16.2. The Morgan fingerprint density at radius 3 is 2.27 bits per heavy atom. The van der Waals surface area contributed by atoms with Crippen LogP contribution in [0.5, 0.6) is 11.5 Å². The van der Waals surface area contributed by atoms with E-state index in [1.165, 1.54) is 12.1 Å². The molecule has 3 aromatic carbocycles. The van der Waals surface area contributed by atoms with Crippen molar-refractivity contribution in [1.82, 2.24) is 4.57 Å². The Hall–Kier alpha value is -3.31. The minimum atomic E-state index is -0.762. The Morgan fingerprint density at radius 2 is 1.54 bits per heavy atom. The fourth-order valence-electron chi connectivity index (χ4n) is 2.61. The standard InChI is InChI=1S/C20H12ClNO4/c21-13-6-11-18-17(12-13)19(23)22(20(24)26-18)14-7-9-16(10-8-14)25-15-4-2-1-3-5-15/h1-12H. The van der Waals surface area contributed by atoms with Crippen LogP contribution in [-0.4, -0.2) is 4.57 Å². The molecule has 6 heteroatoms. The zero-order valence-electron chi connectivity index (χ0n) is 13.4. The van der Waals surface area contributed by atoms with Crippen molar-refractivity contribution in [2.24, 2.45) is 0 Å². The highest BCUT2D eigenvalue weighted by Gasteiger charge is 2.12. The summed E-state index contributed by atoms with van der Waals surface area (Å²) in [5, 5.41) is 0.628. The molecule has 0 fully saturated rings. The minimum absolute atomic E-state index is 0.199. The Balaban J connectivity index is 1.76. The highest BCUT2D eigenvalue weighted by Crippen LogP contribution is 2.22. The van der Waals surface area contributed by atoms with Gasteiger partial charge in [-0.2, -0.15) is 0 Å². The van der Waals surface area contributed by atoms with Crippen LogP contribution in [0.1, 0.15) is 0 Å². The molecule has 0 spiro atoms. The van der Waals surface area contributed by atoms with Crippen molar-refractivity contribution < 1.29 is 9.15 Å². The van der Waals surface area contributed by atoms with Crippen molar-refractivity contribution in [1.29, 1.82) is 0 Å². The smallest absolute Gasteiger partial charge is 0.426 e. The van der Waals surface area contributed by atoms with Gasteiger partial charge in [-0.3, -0.25) is 4.79 Å². The normalized spacial score (nSPS) is 10.8. The maximum absolute atomic E-state index is 12.7. The molecule has 0 atom stereocenters. The summed E-state index contributed by atoms with van der Waals surface area (Å²) < 4.78 is 11.9. The number of halogens is 1. The first-order valence-electron chi connectivity index (χ1n) is 7.80. The van der Waals surface area contributed by atoms with Crippen LogP contribution in [0, 0.1) is 0 Å². The topological polar surface area (TPSA) is 61.4 Å². The fraction of sp³-hybridized carbons (Fsp3) is 0. The lowest BCUT2D eigenvalue weighted by Crippen LogP contribution is -2.30. The lowest BCUT2D eigenvalue weighted by atomic mass is 10.2. The summed E-state index contributed by atoms with van der Waals surface area (Å²) in [4.78, 5) is 24.9. The number of rotatable bonds is 3. The summed E-state index contributed by atoms with van der Waals surface area (Å²) >= 11 is 5.94. The second-order valence-corrected chi connectivity index (χ2v) is 5.99. The molecular formula is C20H12ClNO4. The SMILES string of the molecule is O=c1oc2ccc(Cl)cc2c(=O)n1-c1ccc(Oc2ccccc2)cc1. The molecule has 0 saturated heterocycles. The Labute approximate surface area is 152 Å². The van der Waals surface area contributed by atoms with Crippen molar-refractivity contribution in [2.45, 2.75) is 0 Å². The molecule has 0 saturated carbocycles. The number of benzene rings is 3. The zero-order valence-corrected chi connectivity index (χ0v) is 14.1. The molecule has 1 aromatic heterocycles. The van der Waals surface area contributed by atoms with Crippen LogP contribution < -0.4 is 16.1 Å². The Kier molecular flexibility index (Phi) is 4.07. The van der Waals surface area contributed by atoms with E-state index in [-0.39, 0.29) is 11.0 Å². The molecule has 26 heavy (non-hydrogen) atoms. The Morgan fingerprint density at radius 1 is 0.846 bits per heavy atom. The molecule has 5 nitrogen and oxygen atoms in total. The van der Waals surface area contributed by atoms with Crippen molar-refractivity contribution in [2.75, 3.05) is 0 Å². The van der Waals surface area contributed by atoms with Crippen LogP contribution in [0.15, 0.2) is 86.8 Å². The molecule has 4 aromatic rings. The molecule has 4 rings (SSSR count). The van der Waals surface area contributed by atoms with Crippen LogP contribution in [-0.2, 0) is 0 Å². The second kappa shape index (κ2) is 6.54. The number of hydrogen-bond donors (Lipinski definition) is 0. The van der Waals surface area contributed by atoms with Crippen LogP contribution in [0.25, 0.3) is 16.7 Å². The minimum Gasteiger partial charge on any atom is -0.457 e. The number of aromatic nitrogens is 1. The summed E-state index contributed by atoms with van der Waals surface area (Å²) in [7, 11) is 0. The van der Waals surface area contributed by atoms with E-state index in [0.29, 0.717) is 22.2 Å². The average molecular weight is 366 g/mol. The quantitative estimate of drug-likeness (QED) is 0.540. The van der Waals surface area contributed by atoms with E-state index in [1.807, 2.05) is 30.3 Å². The van der Waals surface area contributed by atoms with Crippen LogP contribution >= 0.6 is 11.6 Å². The van der Waals surface area contributed by atoms with Crippen LogP contribution in [0.3, 0.4) is 0 Å². The van der Waals surface area contributed by atoms with E-state index in [9.17, 15) is 9.59 Å².